The average Bonchev–Trinajstić information content (AvgIpc) is 2.51. The highest BCUT2D eigenvalue weighted by molar-refractivity contribution is 5.84. The van der Waals surface area contributed by atoms with Crippen molar-refractivity contribution in [3.63, 3.8) is 0 Å². The van der Waals surface area contributed by atoms with Crippen molar-refractivity contribution in [2.24, 2.45) is 0 Å². The van der Waals surface area contributed by atoms with E-state index in [9.17, 15) is 4.79 Å². The molecule has 0 saturated carbocycles. The van der Waals surface area contributed by atoms with Crippen molar-refractivity contribution < 1.29 is 9.53 Å². The number of carbonyl (C=O) groups excluding carboxylic acids is 1. The molecule has 0 radical (unpaired) electrons. The Bertz CT molecular complexity index is 302. The van der Waals surface area contributed by atoms with E-state index in [4.69, 9.17) is 4.74 Å². The molecule has 1 heterocycles. The summed E-state index contributed by atoms with van der Waals surface area (Å²) >= 11 is 0. The SMILES string of the molecule is CN(C(=O)OC(C)(C)C)c1nn[nH]n1. The van der Waals surface area contributed by atoms with Gasteiger partial charge in [0.15, 0.2) is 0 Å². The topological polar surface area (TPSA) is 84.0 Å². The Morgan fingerprint density at radius 2 is 2.14 bits per heavy atom. The molecule has 0 aliphatic heterocycles. The van der Waals surface area contributed by atoms with Gasteiger partial charge in [0.25, 0.3) is 5.95 Å². The van der Waals surface area contributed by atoms with Gasteiger partial charge in [0, 0.05) is 7.05 Å². The maximum absolute atomic E-state index is 11.4. The van der Waals surface area contributed by atoms with E-state index in [1.165, 1.54) is 11.9 Å². The van der Waals surface area contributed by atoms with Crippen LogP contribution in [0.25, 0.3) is 0 Å². The van der Waals surface area contributed by atoms with Gasteiger partial charge >= 0.3 is 6.09 Å². The second-order valence-corrected chi connectivity index (χ2v) is 3.75. The molecule has 0 aromatic carbocycles. The van der Waals surface area contributed by atoms with Gasteiger partial charge in [-0.15, -0.1) is 5.10 Å². The minimum Gasteiger partial charge on any atom is -0.443 e. The minimum atomic E-state index is -0.533. The van der Waals surface area contributed by atoms with Crippen LogP contribution < -0.4 is 4.90 Å². The van der Waals surface area contributed by atoms with E-state index in [0.29, 0.717) is 0 Å². The number of rotatable bonds is 1. The Morgan fingerprint density at radius 3 is 2.57 bits per heavy atom. The fourth-order valence-electron chi connectivity index (χ4n) is 0.711. The van der Waals surface area contributed by atoms with Crippen LogP contribution in [0, 0.1) is 0 Å². The van der Waals surface area contributed by atoms with E-state index in [-0.39, 0.29) is 5.95 Å². The number of hydrogen-bond acceptors (Lipinski definition) is 5. The molecule has 0 unspecified atom stereocenters. The highest BCUT2D eigenvalue weighted by Gasteiger charge is 2.22. The van der Waals surface area contributed by atoms with E-state index >= 15 is 0 Å². The van der Waals surface area contributed by atoms with Crippen molar-refractivity contribution in [2.75, 3.05) is 11.9 Å². The number of ether oxygens (including phenoxy) is 1. The van der Waals surface area contributed by atoms with Crippen LogP contribution in [0.15, 0.2) is 0 Å². The highest BCUT2D eigenvalue weighted by atomic mass is 16.6. The fraction of sp³-hybridized carbons (Fsp3) is 0.714. The first-order valence-electron chi connectivity index (χ1n) is 4.10. The number of nitrogens with one attached hydrogen (secondary N) is 1. The molecule has 0 bridgehead atoms. The zero-order valence-electron chi connectivity index (χ0n) is 8.61. The molecule has 1 aromatic heterocycles. The number of hydrogen-bond donors (Lipinski definition) is 1. The lowest BCUT2D eigenvalue weighted by Crippen LogP contribution is -2.34. The summed E-state index contributed by atoms with van der Waals surface area (Å²) in [7, 11) is 1.51. The van der Waals surface area contributed by atoms with Crippen molar-refractivity contribution in [3.05, 3.63) is 0 Å². The molecule has 0 saturated heterocycles. The molecule has 0 spiro atoms. The predicted octanol–water partition coefficient (Wildman–Crippen LogP) is 0.571. The Kier molecular flexibility index (Phi) is 2.68. The summed E-state index contributed by atoms with van der Waals surface area (Å²) in [4.78, 5) is 12.6. The third-order valence-electron chi connectivity index (χ3n) is 1.30. The zero-order valence-corrected chi connectivity index (χ0v) is 8.61. The number of carbonyl (C=O) groups is 1. The van der Waals surface area contributed by atoms with Crippen LogP contribution in [-0.2, 0) is 4.74 Å². The maximum Gasteiger partial charge on any atom is 0.417 e. The van der Waals surface area contributed by atoms with Gasteiger partial charge in [-0.1, -0.05) is 5.10 Å². The first-order chi connectivity index (χ1) is 6.40. The van der Waals surface area contributed by atoms with Gasteiger partial charge in [0.1, 0.15) is 5.60 Å². The number of anilines is 1. The Morgan fingerprint density at radius 1 is 1.50 bits per heavy atom. The van der Waals surface area contributed by atoms with Crippen molar-refractivity contribution in [1.82, 2.24) is 20.6 Å². The molecule has 1 N–H and O–H groups in total. The smallest absolute Gasteiger partial charge is 0.417 e. The summed E-state index contributed by atoms with van der Waals surface area (Å²) in [5, 5.41) is 12.9. The Hall–Kier alpha value is -1.66. The molecule has 1 aromatic rings. The lowest BCUT2D eigenvalue weighted by molar-refractivity contribution is 0.0587. The number of amides is 1. The third-order valence-corrected chi connectivity index (χ3v) is 1.30. The molecule has 0 aliphatic carbocycles. The summed E-state index contributed by atoms with van der Waals surface area (Å²) in [6.07, 6.45) is -0.515. The third kappa shape index (κ3) is 2.68. The first-order valence-corrected chi connectivity index (χ1v) is 4.10. The Balaban J connectivity index is 2.63. The van der Waals surface area contributed by atoms with E-state index in [1.807, 2.05) is 0 Å². The lowest BCUT2D eigenvalue weighted by Gasteiger charge is -2.22. The minimum absolute atomic E-state index is 0.180. The molecule has 0 aliphatic rings. The lowest BCUT2D eigenvalue weighted by atomic mass is 10.2. The second-order valence-electron chi connectivity index (χ2n) is 3.75. The molecule has 7 nitrogen and oxygen atoms in total. The van der Waals surface area contributed by atoms with Gasteiger partial charge in [0.2, 0.25) is 0 Å². The highest BCUT2D eigenvalue weighted by Crippen LogP contribution is 2.11. The van der Waals surface area contributed by atoms with Gasteiger partial charge < -0.3 is 4.74 Å². The molecule has 1 rings (SSSR count). The average molecular weight is 199 g/mol. The normalized spacial score (nSPS) is 11.1. The van der Waals surface area contributed by atoms with Crippen LogP contribution in [0.5, 0.6) is 0 Å². The molecule has 7 heteroatoms. The van der Waals surface area contributed by atoms with Crippen LogP contribution in [-0.4, -0.2) is 39.4 Å². The van der Waals surface area contributed by atoms with Crippen LogP contribution in [0.1, 0.15) is 20.8 Å². The molecule has 0 fully saturated rings. The number of nitrogens with zero attached hydrogens (tertiary/aromatic N) is 4. The van der Waals surface area contributed by atoms with Crippen LogP contribution >= 0.6 is 0 Å². The van der Waals surface area contributed by atoms with E-state index in [1.54, 1.807) is 20.8 Å². The summed E-state index contributed by atoms with van der Waals surface area (Å²) < 4.78 is 5.09. The number of tetrazole rings is 1. The van der Waals surface area contributed by atoms with Crippen LogP contribution in [0.3, 0.4) is 0 Å². The summed E-state index contributed by atoms with van der Waals surface area (Å²) in [6.45, 7) is 5.36. The summed E-state index contributed by atoms with van der Waals surface area (Å²) in [6, 6.07) is 0. The second kappa shape index (κ2) is 3.60. The summed E-state index contributed by atoms with van der Waals surface area (Å²) in [5.41, 5.74) is -0.533. The first kappa shape index (κ1) is 10.4. The molecule has 1 amide bonds. The maximum atomic E-state index is 11.4. The molecule has 14 heavy (non-hydrogen) atoms. The number of H-pyrrole nitrogens is 1. The van der Waals surface area contributed by atoms with E-state index in [2.05, 4.69) is 20.6 Å². The van der Waals surface area contributed by atoms with Gasteiger partial charge in [-0.2, -0.15) is 5.21 Å². The molecular weight excluding hydrogens is 186 g/mol. The van der Waals surface area contributed by atoms with E-state index < -0.39 is 11.7 Å². The zero-order chi connectivity index (χ0) is 10.8. The van der Waals surface area contributed by atoms with Gasteiger partial charge in [-0.05, 0) is 26.0 Å². The number of aromatic amines is 1. The van der Waals surface area contributed by atoms with Crippen molar-refractivity contribution >= 4 is 12.0 Å². The van der Waals surface area contributed by atoms with Gasteiger partial charge in [0.05, 0.1) is 0 Å². The largest absolute Gasteiger partial charge is 0.443 e. The van der Waals surface area contributed by atoms with Crippen molar-refractivity contribution in [1.29, 1.82) is 0 Å². The van der Waals surface area contributed by atoms with E-state index in [0.717, 1.165) is 0 Å². The van der Waals surface area contributed by atoms with Gasteiger partial charge in [-0.3, -0.25) is 0 Å². The molecule has 0 atom stereocenters. The van der Waals surface area contributed by atoms with Crippen molar-refractivity contribution in [2.45, 2.75) is 26.4 Å². The van der Waals surface area contributed by atoms with Crippen molar-refractivity contribution in [3.8, 4) is 0 Å². The summed E-state index contributed by atoms with van der Waals surface area (Å²) in [5.74, 6) is 0.180. The van der Waals surface area contributed by atoms with Gasteiger partial charge in [-0.25, -0.2) is 9.69 Å². The predicted molar refractivity (Wildman–Crippen MR) is 48.8 cm³/mol. The Labute approximate surface area is 81.4 Å². The molecular formula is C7H13N5O2. The standard InChI is InChI=1S/C7H13N5O2/c1-7(2,3)14-6(13)12(4)5-8-10-11-9-5/h1-4H3,(H,8,9,10,11). The monoisotopic (exact) mass is 199 g/mol. The van der Waals surface area contributed by atoms with Crippen LogP contribution in [0.4, 0.5) is 10.7 Å². The fourth-order valence-corrected chi connectivity index (χ4v) is 0.711. The van der Waals surface area contributed by atoms with Crippen LogP contribution in [0.2, 0.25) is 0 Å². The number of aromatic nitrogens is 4. The quantitative estimate of drug-likeness (QED) is 0.714. The molecule has 78 valence electrons.